The molecule has 8 nitrogen and oxygen atoms in total. The van der Waals surface area contributed by atoms with Gasteiger partial charge in [0.1, 0.15) is 5.82 Å². The standard InChI is InChI=1S/C22H15N3O5/c1-25-19-16(20(27)24-22(25)30)14(10-6-8-11(9-7-10)21(28)29)15-17(23-19)12-4-2-3-5-13(12)18(15)26/h2-9,14,23H,1H3,(H,28,29)(H,24,27,30)/t14-/m1/s1. The number of nitrogens with one attached hydrogen (secondary N) is 2. The Hall–Kier alpha value is -4.20. The Labute approximate surface area is 169 Å². The van der Waals surface area contributed by atoms with Crippen LogP contribution in [-0.2, 0) is 7.05 Å². The molecule has 1 atom stereocenters. The molecule has 0 unspecified atom stereocenters. The number of carboxylic acids is 1. The Balaban J connectivity index is 1.82. The number of anilines is 1. The van der Waals surface area contributed by atoms with Crippen molar-refractivity contribution in [2.75, 3.05) is 5.32 Å². The zero-order chi connectivity index (χ0) is 21.2. The molecule has 2 aliphatic rings. The van der Waals surface area contributed by atoms with Crippen molar-refractivity contribution in [1.82, 2.24) is 9.55 Å². The average molecular weight is 401 g/mol. The summed E-state index contributed by atoms with van der Waals surface area (Å²) in [6, 6.07) is 13.2. The lowest BCUT2D eigenvalue weighted by molar-refractivity contribution is 0.0696. The molecule has 0 saturated heterocycles. The highest BCUT2D eigenvalue weighted by atomic mass is 16.4. The van der Waals surface area contributed by atoms with Gasteiger partial charge in [-0.05, 0) is 17.7 Å². The minimum atomic E-state index is -1.07. The molecule has 30 heavy (non-hydrogen) atoms. The molecule has 5 rings (SSSR count). The van der Waals surface area contributed by atoms with E-state index in [4.69, 9.17) is 0 Å². The highest BCUT2D eigenvalue weighted by molar-refractivity contribution is 6.23. The molecule has 1 aliphatic carbocycles. The molecular formula is C22H15N3O5. The fraction of sp³-hybridized carbons (Fsp3) is 0.0909. The predicted octanol–water partition coefficient (Wildman–Crippen LogP) is 1.94. The van der Waals surface area contributed by atoms with Crippen LogP contribution in [-0.4, -0.2) is 26.4 Å². The first-order chi connectivity index (χ1) is 14.4. The number of carbonyl (C=O) groups excluding carboxylic acids is 1. The molecule has 1 aliphatic heterocycles. The van der Waals surface area contributed by atoms with Crippen molar-refractivity contribution in [3.63, 3.8) is 0 Å². The molecule has 0 radical (unpaired) electrons. The number of carboxylic acid groups (broad SMARTS) is 1. The van der Waals surface area contributed by atoms with Gasteiger partial charge in [0.05, 0.1) is 16.8 Å². The van der Waals surface area contributed by atoms with Gasteiger partial charge >= 0.3 is 11.7 Å². The lowest BCUT2D eigenvalue weighted by Crippen LogP contribution is -2.37. The van der Waals surface area contributed by atoms with Crippen LogP contribution in [0.3, 0.4) is 0 Å². The number of aromatic amines is 1. The van der Waals surface area contributed by atoms with Gasteiger partial charge in [0.25, 0.3) is 5.56 Å². The minimum Gasteiger partial charge on any atom is -0.478 e. The van der Waals surface area contributed by atoms with E-state index >= 15 is 0 Å². The van der Waals surface area contributed by atoms with Gasteiger partial charge in [0.15, 0.2) is 5.78 Å². The Morgan fingerprint density at radius 2 is 1.67 bits per heavy atom. The van der Waals surface area contributed by atoms with Gasteiger partial charge in [-0.15, -0.1) is 0 Å². The predicted molar refractivity (Wildman–Crippen MR) is 109 cm³/mol. The molecular weight excluding hydrogens is 386 g/mol. The molecule has 0 bridgehead atoms. The lowest BCUT2D eigenvalue weighted by atomic mass is 9.81. The normalized spacial score (nSPS) is 16.6. The maximum Gasteiger partial charge on any atom is 0.335 e. The van der Waals surface area contributed by atoms with E-state index in [1.807, 2.05) is 12.1 Å². The van der Waals surface area contributed by atoms with Crippen LogP contribution >= 0.6 is 0 Å². The summed E-state index contributed by atoms with van der Waals surface area (Å²) in [6.07, 6.45) is 0. The van der Waals surface area contributed by atoms with E-state index in [1.165, 1.54) is 23.7 Å². The molecule has 8 heteroatoms. The number of aromatic carboxylic acids is 1. The van der Waals surface area contributed by atoms with Crippen LogP contribution in [0.25, 0.3) is 5.70 Å². The zero-order valence-corrected chi connectivity index (χ0v) is 15.7. The average Bonchev–Trinajstić information content (AvgIpc) is 3.03. The number of ketones is 1. The molecule has 0 saturated carbocycles. The summed E-state index contributed by atoms with van der Waals surface area (Å²) in [5.41, 5.74) is 1.90. The summed E-state index contributed by atoms with van der Waals surface area (Å²) in [5.74, 6) is -1.73. The molecule has 2 aromatic carbocycles. The number of nitrogens with zero attached hydrogens (tertiary/aromatic N) is 1. The SMILES string of the molecule is Cn1c2c(c(=O)[nH]c1=O)[C@H](c1ccc(C(=O)O)cc1)C1=C(N2)c2ccccc2C1=O. The van der Waals surface area contributed by atoms with E-state index < -0.39 is 23.1 Å². The number of hydrogen-bond donors (Lipinski definition) is 3. The van der Waals surface area contributed by atoms with E-state index in [2.05, 4.69) is 10.3 Å². The van der Waals surface area contributed by atoms with Crippen LogP contribution < -0.4 is 16.6 Å². The number of carbonyl (C=O) groups is 2. The first kappa shape index (κ1) is 17.9. The van der Waals surface area contributed by atoms with E-state index in [1.54, 1.807) is 24.3 Å². The maximum absolute atomic E-state index is 13.3. The summed E-state index contributed by atoms with van der Waals surface area (Å²) in [6.45, 7) is 0. The summed E-state index contributed by atoms with van der Waals surface area (Å²) in [4.78, 5) is 51.8. The molecule has 3 N–H and O–H groups in total. The third kappa shape index (κ3) is 2.33. The summed E-state index contributed by atoms with van der Waals surface area (Å²) < 4.78 is 1.30. The van der Waals surface area contributed by atoms with Crippen molar-refractivity contribution in [1.29, 1.82) is 0 Å². The van der Waals surface area contributed by atoms with Crippen LogP contribution in [0.4, 0.5) is 5.82 Å². The van der Waals surface area contributed by atoms with Gasteiger partial charge in [0, 0.05) is 29.7 Å². The van der Waals surface area contributed by atoms with Crippen LogP contribution in [0.15, 0.2) is 63.7 Å². The van der Waals surface area contributed by atoms with Crippen molar-refractivity contribution in [2.45, 2.75) is 5.92 Å². The van der Waals surface area contributed by atoms with Crippen LogP contribution in [0.2, 0.25) is 0 Å². The Morgan fingerprint density at radius 3 is 2.33 bits per heavy atom. The van der Waals surface area contributed by atoms with Crippen LogP contribution in [0, 0.1) is 0 Å². The number of hydrogen-bond acceptors (Lipinski definition) is 5. The Kier molecular flexibility index (Phi) is 3.66. The monoisotopic (exact) mass is 401 g/mol. The molecule has 1 aromatic heterocycles. The number of benzene rings is 2. The maximum atomic E-state index is 13.3. The lowest BCUT2D eigenvalue weighted by Gasteiger charge is -2.29. The van der Waals surface area contributed by atoms with E-state index in [0.717, 1.165) is 0 Å². The Morgan fingerprint density at radius 1 is 1.00 bits per heavy atom. The van der Waals surface area contributed by atoms with E-state index in [9.17, 15) is 24.3 Å². The number of H-pyrrole nitrogens is 1. The van der Waals surface area contributed by atoms with Crippen molar-refractivity contribution in [3.8, 4) is 0 Å². The van der Waals surface area contributed by atoms with Gasteiger partial charge in [-0.3, -0.25) is 19.1 Å². The Bertz CT molecular complexity index is 1410. The van der Waals surface area contributed by atoms with E-state index in [-0.39, 0.29) is 16.9 Å². The fourth-order valence-electron chi connectivity index (χ4n) is 4.18. The van der Waals surface area contributed by atoms with Gasteiger partial charge in [0.2, 0.25) is 0 Å². The third-order valence-electron chi connectivity index (χ3n) is 5.63. The van der Waals surface area contributed by atoms with Crippen molar-refractivity contribution < 1.29 is 14.7 Å². The summed E-state index contributed by atoms with van der Waals surface area (Å²) in [7, 11) is 1.53. The second-order valence-electron chi connectivity index (χ2n) is 7.23. The van der Waals surface area contributed by atoms with Gasteiger partial charge in [-0.2, -0.15) is 0 Å². The number of Topliss-reactive ketones (excluding diaryl/α,β-unsaturated/α-hetero) is 1. The largest absolute Gasteiger partial charge is 0.478 e. The summed E-state index contributed by atoms with van der Waals surface area (Å²) in [5, 5.41) is 12.3. The zero-order valence-electron chi connectivity index (χ0n) is 15.7. The van der Waals surface area contributed by atoms with E-state index in [0.29, 0.717) is 33.8 Å². The quantitative estimate of drug-likeness (QED) is 0.603. The van der Waals surface area contributed by atoms with Gasteiger partial charge in [-0.1, -0.05) is 36.4 Å². The van der Waals surface area contributed by atoms with Crippen molar-refractivity contribution in [2.24, 2.45) is 7.05 Å². The fourth-order valence-corrected chi connectivity index (χ4v) is 4.18. The first-order valence-electron chi connectivity index (χ1n) is 9.20. The molecule has 0 amide bonds. The number of aromatic nitrogens is 2. The highest BCUT2D eigenvalue weighted by Gasteiger charge is 2.42. The number of allylic oxidation sites excluding steroid dienone is 1. The topological polar surface area (TPSA) is 121 Å². The third-order valence-corrected chi connectivity index (χ3v) is 5.63. The minimum absolute atomic E-state index is 0.0949. The molecule has 0 fully saturated rings. The van der Waals surface area contributed by atoms with Crippen LogP contribution in [0.5, 0.6) is 0 Å². The summed E-state index contributed by atoms with van der Waals surface area (Å²) >= 11 is 0. The number of rotatable bonds is 2. The molecule has 148 valence electrons. The highest BCUT2D eigenvalue weighted by Crippen LogP contribution is 2.47. The molecule has 0 spiro atoms. The van der Waals surface area contributed by atoms with Crippen molar-refractivity contribution >= 4 is 23.3 Å². The van der Waals surface area contributed by atoms with Crippen molar-refractivity contribution in [3.05, 3.63) is 103 Å². The van der Waals surface area contributed by atoms with Gasteiger partial charge < -0.3 is 10.4 Å². The molecule has 2 heterocycles. The second kappa shape index (κ2) is 6.15. The first-order valence-corrected chi connectivity index (χ1v) is 9.20. The second-order valence-corrected chi connectivity index (χ2v) is 7.23. The number of fused-ring (bicyclic) bond motifs is 3. The van der Waals surface area contributed by atoms with Crippen LogP contribution in [0.1, 0.15) is 43.3 Å². The molecule has 3 aromatic rings. The van der Waals surface area contributed by atoms with Gasteiger partial charge in [-0.25, -0.2) is 9.59 Å². The smallest absolute Gasteiger partial charge is 0.335 e.